The molecule has 7 heteroatoms. The molecule has 0 aliphatic rings. The first-order valence-corrected chi connectivity index (χ1v) is 9.27. The second-order valence-electron chi connectivity index (χ2n) is 6.46. The summed E-state index contributed by atoms with van der Waals surface area (Å²) in [5.41, 5.74) is 2.64. The number of aromatic nitrogens is 4. The highest BCUT2D eigenvalue weighted by molar-refractivity contribution is 5.90. The van der Waals surface area contributed by atoms with Crippen LogP contribution in [0, 0.1) is 0 Å². The normalized spacial score (nSPS) is 10.6. The molecule has 0 radical (unpaired) electrons. The Kier molecular flexibility index (Phi) is 5.66. The summed E-state index contributed by atoms with van der Waals surface area (Å²) in [5, 5.41) is 3.88. The molecule has 0 fully saturated rings. The Labute approximate surface area is 168 Å². The van der Waals surface area contributed by atoms with Crippen LogP contribution in [0.25, 0.3) is 11.5 Å². The summed E-state index contributed by atoms with van der Waals surface area (Å²) >= 11 is 0. The molecule has 2 aromatic carbocycles. The van der Waals surface area contributed by atoms with Crippen LogP contribution in [-0.2, 0) is 13.0 Å². The van der Waals surface area contributed by atoms with E-state index < -0.39 is 0 Å². The molecule has 0 bridgehead atoms. The molecule has 4 aromatic rings. The number of rotatable bonds is 7. The van der Waals surface area contributed by atoms with E-state index in [0.29, 0.717) is 18.8 Å². The highest BCUT2D eigenvalue weighted by atomic mass is 16.5. The molecular weight excluding hydrogens is 366 g/mol. The number of carbonyl (C=O) groups is 1. The van der Waals surface area contributed by atoms with Gasteiger partial charge in [0.25, 0.3) is 0 Å². The fourth-order valence-corrected chi connectivity index (χ4v) is 2.93. The van der Waals surface area contributed by atoms with Gasteiger partial charge < -0.3 is 9.42 Å². The largest absolute Gasteiger partial charge is 0.330 e. The average Bonchev–Trinajstić information content (AvgIpc) is 3.28. The van der Waals surface area contributed by atoms with Crippen LogP contribution in [0.2, 0.25) is 0 Å². The van der Waals surface area contributed by atoms with Gasteiger partial charge in [-0.05, 0) is 17.5 Å². The number of nitrogens with zero attached hydrogens (tertiary/aromatic N) is 5. The lowest BCUT2D eigenvalue weighted by molar-refractivity contribution is 0.0695. The van der Waals surface area contributed by atoms with E-state index in [1.807, 2.05) is 60.7 Å². The van der Waals surface area contributed by atoms with Crippen LogP contribution >= 0.6 is 0 Å². The third-order valence-corrected chi connectivity index (χ3v) is 4.42. The number of carbonyl (C=O) groups excluding carboxylic acids is 1. The summed E-state index contributed by atoms with van der Waals surface area (Å²) in [5.74, 6) is -0.133. The van der Waals surface area contributed by atoms with Gasteiger partial charge in [-0.1, -0.05) is 65.8 Å². The lowest BCUT2D eigenvalue weighted by atomic mass is 10.1. The van der Waals surface area contributed by atoms with Crippen molar-refractivity contribution >= 4 is 5.91 Å². The van der Waals surface area contributed by atoms with Crippen LogP contribution in [-0.4, -0.2) is 37.5 Å². The van der Waals surface area contributed by atoms with Gasteiger partial charge in [0.15, 0.2) is 0 Å². The van der Waals surface area contributed by atoms with Gasteiger partial charge in [-0.2, -0.15) is 4.98 Å². The summed E-state index contributed by atoms with van der Waals surface area (Å²) in [6.07, 6.45) is 5.34. The Morgan fingerprint density at radius 2 is 1.66 bits per heavy atom. The van der Waals surface area contributed by atoms with E-state index in [0.717, 1.165) is 17.5 Å². The first-order chi connectivity index (χ1) is 14.3. The van der Waals surface area contributed by atoms with E-state index in [1.54, 1.807) is 11.1 Å². The van der Waals surface area contributed by atoms with Crippen molar-refractivity contribution in [1.82, 2.24) is 25.0 Å². The highest BCUT2D eigenvalue weighted by Crippen LogP contribution is 2.15. The predicted molar refractivity (Wildman–Crippen MR) is 107 cm³/mol. The summed E-state index contributed by atoms with van der Waals surface area (Å²) in [7, 11) is 0. The molecule has 0 aliphatic carbocycles. The molecule has 0 unspecified atom stereocenters. The van der Waals surface area contributed by atoms with Gasteiger partial charge in [0.1, 0.15) is 5.69 Å². The van der Waals surface area contributed by atoms with Gasteiger partial charge in [-0.25, -0.2) is 4.98 Å². The quantitative estimate of drug-likeness (QED) is 0.485. The number of hydrogen-bond donors (Lipinski definition) is 0. The lowest BCUT2D eigenvalue weighted by Gasteiger charge is -2.21. The van der Waals surface area contributed by atoms with Gasteiger partial charge in [0, 0.05) is 25.5 Å². The van der Waals surface area contributed by atoms with Crippen molar-refractivity contribution in [2.45, 2.75) is 13.0 Å². The maximum Gasteiger partial charge on any atom is 0.316 e. The zero-order valence-electron chi connectivity index (χ0n) is 15.7. The van der Waals surface area contributed by atoms with Crippen LogP contribution in [0.3, 0.4) is 0 Å². The third-order valence-electron chi connectivity index (χ3n) is 4.42. The molecular formula is C22H19N5O2. The van der Waals surface area contributed by atoms with E-state index in [9.17, 15) is 4.79 Å². The van der Waals surface area contributed by atoms with E-state index in [-0.39, 0.29) is 17.6 Å². The Hall–Kier alpha value is -3.87. The minimum absolute atomic E-state index is 0.0605. The van der Waals surface area contributed by atoms with Crippen LogP contribution in [0.1, 0.15) is 21.8 Å². The number of benzene rings is 2. The van der Waals surface area contributed by atoms with E-state index in [4.69, 9.17) is 4.52 Å². The maximum atomic E-state index is 13.1. The van der Waals surface area contributed by atoms with Crippen molar-refractivity contribution in [2.24, 2.45) is 0 Å². The van der Waals surface area contributed by atoms with E-state index in [1.165, 1.54) is 12.4 Å². The second kappa shape index (κ2) is 8.88. The van der Waals surface area contributed by atoms with Gasteiger partial charge in [-0.15, -0.1) is 0 Å². The first-order valence-electron chi connectivity index (χ1n) is 9.27. The predicted octanol–water partition coefficient (Wildman–Crippen LogP) is 3.41. The van der Waals surface area contributed by atoms with Crippen LogP contribution in [0.4, 0.5) is 0 Å². The topological polar surface area (TPSA) is 85.0 Å². The highest BCUT2D eigenvalue weighted by Gasteiger charge is 2.23. The van der Waals surface area contributed by atoms with E-state index >= 15 is 0 Å². The van der Waals surface area contributed by atoms with Crippen LogP contribution in [0.5, 0.6) is 0 Å². The van der Waals surface area contributed by atoms with Crippen molar-refractivity contribution in [3.63, 3.8) is 0 Å². The molecule has 0 spiro atoms. The fraction of sp³-hybridized carbons (Fsp3) is 0.136. The molecule has 0 saturated carbocycles. The Bertz CT molecular complexity index is 1050. The summed E-state index contributed by atoms with van der Waals surface area (Å²) in [6.45, 7) is 0.982. The molecule has 144 valence electrons. The molecule has 1 amide bonds. The zero-order valence-corrected chi connectivity index (χ0v) is 15.7. The molecule has 7 nitrogen and oxygen atoms in total. The van der Waals surface area contributed by atoms with Crippen LogP contribution < -0.4 is 0 Å². The Balaban J connectivity index is 1.54. The molecule has 4 rings (SSSR count). The van der Waals surface area contributed by atoms with Gasteiger partial charge in [0.05, 0.1) is 6.20 Å². The van der Waals surface area contributed by atoms with Crippen molar-refractivity contribution < 1.29 is 9.32 Å². The SMILES string of the molecule is O=C(c1nc(-c2cnccn2)no1)N(CCc1ccccc1)Cc1ccccc1. The number of amides is 1. The summed E-state index contributed by atoms with van der Waals surface area (Å²) in [6, 6.07) is 19.9. The molecule has 0 aliphatic heterocycles. The molecule has 0 saturated heterocycles. The fourth-order valence-electron chi connectivity index (χ4n) is 2.93. The van der Waals surface area contributed by atoms with Crippen LogP contribution in [0.15, 0.2) is 83.8 Å². The molecule has 0 N–H and O–H groups in total. The minimum Gasteiger partial charge on any atom is -0.330 e. The van der Waals surface area contributed by atoms with E-state index in [2.05, 4.69) is 20.1 Å². The van der Waals surface area contributed by atoms with Gasteiger partial charge in [0.2, 0.25) is 5.82 Å². The molecule has 29 heavy (non-hydrogen) atoms. The average molecular weight is 385 g/mol. The monoisotopic (exact) mass is 385 g/mol. The summed E-state index contributed by atoms with van der Waals surface area (Å²) in [4.78, 5) is 27.2. The van der Waals surface area contributed by atoms with Crippen molar-refractivity contribution in [3.05, 3.63) is 96.3 Å². The van der Waals surface area contributed by atoms with Crippen molar-refractivity contribution in [1.29, 1.82) is 0 Å². The zero-order chi connectivity index (χ0) is 19.9. The Morgan fingerprint density at radius 3 is 2.34 bits per heavy atom. The number of hydrogen-bond acceptors (Lipinski definition) is 6. The standard InChI is InChI=1S/C22H19N5O2/c28-22(21-25-20(26-29-21)19-15-23-12-13-24-19)27(16-18-9-5-2-6-10-18)14-11-17-7-3-1-4-8-17/h1-10,12-13,15H,11,14,16H2. The minimum atomic E-state index is -0.313. The smallest absolute Gasteiger partial charge is 0.316 e. The lowest BCUT2D eigenvalue weighted by Crippen LogP contribution is -2.32. The molecule has 2 heterocycles. The Morgan fingerprint density at radius 1 is 0.931 bits per heavy atom. The van der Waals surface area contributed by atoms with Crippen molar-refractivity contribution in [2.75, 3.05) is 6.54 Å². The van der Waals surface area contributed by atoms with Crippen molar-refractivity contribution in [3.8, 4) is 11.5 Å². The van der Waals surface area contributed by atoms with Gasteiger partial charge in [-0.3, -0.25) is 9.78 Å². The third kappa shape index (κ3) is 4.70. The molecule has 2 aromatic heterocycles. The molecule has 0 atom stereocenters. The second-order valence-corrected chi connectivity index (χ2v) is 6.46. The maximum absolute atomic E-state index is 13.1. The summed E-state index contributed by atoms with van der Waals surface area (Å²) < 4.78 is 5.23. The first kappa shape index (κ1) is 18.5. The van der Waals surface area contributed by atoms with Gasteiger partial charge >= 0.3 is 11.8 Å².